The topological polar surface area (TPSA) is 127 Å². The number of carbonyl (C=O) groups is 2. The first kappa shape index (κ1) is 15.7. The SMILES string of the molecule is C=C(C)C(=O)N[C@@H]([C@H](O)[C@H](O)CO)[C@@H](O)C=O. The molecule has 7 nitrogen and oxygen atoms in total. The highest BCUT2D eigenvalue weighted by Gasteiger charge is 2.32. The highest BCUT2D eigenvalue weighted by molar-refractivity contribution is 5.92. The normalized spacial score (nSPS) is 17.7. The van der Waals surface area contributed by atoms with E-state index in [1.54, 1.807) is 0 Å². The van der Waals surface area contributed by atoms with Crippen molar-refractivity contribution in [3.63, 3.8) is 0 Å². The second-order valence-electron chi connectivity index (χ2n) is 3.65. The third kappa shape index (κ3) is 4.61. The van der Waals surface area contributed by atoms with E-state index in [4.69, 9.17) is 5.11 Å². The summed E-state index contributed by atoms with van der Waals surface area (Å²) in [7, 11) is 0. The number of aldehydes is 1. The minimum Gasteiger partial charge on any atom is -0.394 e. The van der Waals surface area contributed by atoms with Crippen molar-refractivity contribution in [3.8, 4) is 0 Å². The molecule has 0 aromatic carbocycles. The summed E-state index contributed by atoms with van der Waals surface area (Å²) in [4.78, 5) is 21.7. The summed E-state index contributed by atoms with van der Waals surface area (Å²) in [6, 6.07) is -1.42. The van der Waals surface area contributed by atoms with E-state index in [1.165, 1.54) is 6.92 Å². The third-order valence-electron chi connectivity index (χ3n) is 2.14. The molecule has 17 heavy (non-hydrogen) atoms. The second kappa shape index (κ2) is 7.13. The number of amides is 1. The molecule has 0 aliphatic heterocycles. The first-order chi connectivity index (χ1) is 7.84. The van der Waals surface area contributed by atoms with Gasteiger partial charge in [-0.25, -0.2) is 0 Å². The summed E-state index contributed by atoms with van der Waals surface area (Å²) >= 11 is 0. The van der Waals surface area contributed by atoms with Crippen LogP contribution in [0.4, 0.5) is 0 Å². The van der Waals surface area contributed by atoms with Gasteiger partial charge in [0.25, 0.3) is 0 Å². The lowest BCUT2D eigenvalue weighted by Crippen LogP contribution is -2.56. The zero-order chi connectivity index (χ0) is 13.6. The van der Waals surface area contributed by atoms with E-state index >= 15 is 0 Å². The summed E-state index contributed by atoms with van der Waals surface area (Å²) in [5.74, 6) is -0.680. The molecule has 0 radical (unpaired) electrons. The molecule has 0 aliphatic carbocycles. The Kier molecular flexibility index (Phi) is 6.59. The largest absolute Gasteiger partial charge is 0.394 e. The van der Waals surface area contributed by atoms with Crippen LogP contribution in [0, 0.1) is 0 Å². The van der Waals surface area contributed by atoms with Gasteiger partial charge in [0.1, 0.15) is 18.3 Å². The zero-order valence-corrected chi connectivity index (χ0v) is 9.41. The van der Waals surface area contributed by atoms with Crippen LogP contribution in [0.15, 0.2) is 12.2 Å². The van der Waals surface area contributed by atoms with Crippen LogP contribution in [-0.2, 0) is 9.59 Å². The molecular weight excluding hydrogens is 230 g/mol. The van der Waals surface area contributed by atoms with Crippen LogP contribution in [-0.4, -0.2) is 63.6 Å². The fraction of sp³-hybridized carbons (Fsp3) is 0.600. The van der Waals surface area contributed by atoms with Crippen molar-refractivity contribution in [2.24, 2.45) is 0 Å². The molecule has 0 aliphatic rings. The monoisotopic (exact) mass is 247 g/mol. The Morgan fingerprint density at radius 3 is 2.29 bits per heavy atom. The Morgan fingerprint density at radius 1 is 1.41 bits per heavy atom. The predicted octanol–water partition coefficient (Wildman–Crippen LogP) is -2.68. The van der Waals surface area contributed by atoms with Crippen molar-refractivity contribution in [1.82, 2.24) is 5.32 Å². The average Bonchev–Trinajstić information content (AvgIpc) is 2.32. The van der Waals surface area contributed by atoms with Crippen LogP contribution >= 0.6 is 0 Å². The van der Waals surface area contributed by atoms with Gasteiger partial charge in [-0.05, 0) is 6.92 Å². The maximum Gasteiger partial charge on any atom is 0.246 e. The van der Waals surface area contributed by atoms with Gasteiger partial charge in [0, 0.05) is 5.57 Å². The quantitative estimate of drug-likeness (QED) is 0.246. The Bertz CT molecular complexity index is 293. The Labute approximate surface area is 98.4 Å². The third-order valence-corrected chi connectivity index (χ3v) is 2.14. The van der Waals surface area contributed by atoms with Gasteiger partial charge in [-0.15, -0.1) is 0 Å². The lowest BCUT2D eigenvalue weighted by atomic mass is 10.0. The van der Waals surface area contributed by atoms with Gasteiger partial charge in [-0.1, -0.05) is 6.58 Å². The number of aliphatic hydroxyl groups excluding tert-OH is 4. The second-order valence-corrected chi connectivity index (χ2v) is 3.65. The lowest BCUT2D eigenvalue weighted by molar-refractivity contribution is -0.127. The van der Waals surface area contributed by atoms with Crippen molar-refractivity contribution in [2.75, 3.05) is 6.61 Å². The van der Waals surface area contributed by atoms with Crippen molar-refractivity contribution in [3.05, 3.63) is 12.2 Å². The van der Waals surface area contributed by atoms with Crippen molar-refractivity contribution >= 4 is 12.2 Å². The highest BCUT2D eigenvalue weighted by atomic mass is 16.4. The number of hydrogen-bond donors (Lipinski definition) is 5. The van der Waals surface area contributed by atoms with Crippen LogP contribution < -0.4 is 5.32 Å². The molecule has 0 aromatic heterocycles. The summed E-state index contributed by atoms with van der Waals surface area (Å²) in [6.45, 7) is 3.97. The number of nitrogens with one attached hydrogen (secondary N) is 1. The number of aliphatic hydroxyl groups is 4. The maximum atomic E-state index is 11.3. The van der Waals surface area contributed by atoms with E-state index < -0.39 is 36.9 Å². The first-order valence-corrected chi connectivity index (χ1v) is 4.91. The van der Waals surface area contributed by atoms with Gasteiger partial charge in [-0.3, -0.25) is 4.79 Å². The van der Waals surface area contributed by atoms with Crippen molar-refractivity contribution in [2.45, 2.75) is 31.3 Å². The molecule has 98 valence electrons. The van der Waals surface area contributed by atoms with Crippen LogP contribution in [0.2, 0.25) is 0 Å². The molecule has 0 saturated carbocycles. The van der Waals surface area contributed by atoms with Gasteiger partial charge in [0.2, 0.25) is 5.91 Å². The molecular formula is C10H17NO6. The molecule has 5 N–H and O–H groups in total. The fourth-order valence-electron chi connectivity index (χ4n) is 1.08. The zero-order valence-electron chi connectivity index (χ0n) is 9.41. The molecule has 0 fully saturated rings. The number of rotatable bonds is 7. The molecule has 0 bridgehead atoms. The minimum absolute atomic E-state index is 0.108. The summed E-state index contributed by atoms with van der Waals surface area (Å²) < 4.78 is 0. The van der Waals surface area contributed by atoms with Crippen LogP contribution in [0.3, 0.4) is 0 Å². The van der Waals surface area contributed by atoms with Crippen LogP contribution in [0.1, 0.15) is 6.92 Å². The van der Waals surface area contributed by atoms with Gasteiger partial charge in [-0.2, -0.15) is 0 Å². The molecule has 1 amide bonds. The van der Waals surface area contributed by atoms with E-state index in [9.17, 15) is 24.9 Å². The molecule has 0 unspecified atom stereocenters. The van der Waals surface area contributed by atoms with Gasteiger partial charge in [0.15, 0.2) is 6.29 Å². The molecule has 0 spiro atoms. The Morgan fingerprint density at radius 2 is 1.94 bits per heavy atom. The molecule has 0 saturated heterocycles. The van der Waals surface area contributed by atoms with Gasteiger partial charge in [0.05, 0.1) is 12.6 Å². The van der Waals surface area contributed by atoms with Crippen molar-refractivity contribution in [1.29, 1.82) is 0 Å². The number of hydrogen-bond acceptors (Lipinski definition) is 6. The summed E-state index contributed by atoms with van der Waals surface area (Å²) in [5, 5.41) is 38.8. The van der Waals surface area contributed by atoms with E-state index in [0.717, 1.165) is 0 Å². The smallest absolute Gasteiger partial charge is 0.246 e. The van der Waals surface area contributed by atoms with Gasteiger partial charge >= 0.3 is 0 Å². The molecule has 0 aromatic rings. The maximum absolute atomic E-state index is 11.3. The lowest BCUT2D eigenvalue weighted by Gasteiger charge is -2.28. The number of carbonyl (C=O) groups excluding carboxylic acids is 2. The Balaban J connectivity index is 4.81. The van der Waals surface area contributed by atoms with E-state index in [0.29, 0.717) is 0 Å². The van der Waals surface area contributed by atoms with Gasteiger partial charge < -0.3 is 30.5 Å². The molecule has 4 atom stereocenters. The first-order valence-electron chi connectivity index (χ1n) is 4.91. The minimum atomic E-state index is -1.70. The van der Waals surface area contributed by atoms with Crippen molar-refractivity contribution < 1.29 is 30.0 Å². The van der Waals surface area contributed by atoms with Crippen LogP contribution in [0.5, 0.6) is 0 Å². The summed E-state index contributed by atoms with van der Waals surface area (Å²) in [5.41, 5.74) is 0.110. The standard InChI is InChI=1S/C10H17NO6/c1-5(2)10(17)11-8(6(14)3-12)9(16)7(15)4-13/h3,6-9,13-16H,1,4H2,2H3,(H,11,17)/t6-,7+,8+,9+/m0/s1. The van der Waals surface area contributed by atoms with E-state index in [-0.39, 0.29) is 11.9 Å². The summed E-state index contributed by atoms with van der Waals surface area (Å²) in [6.07, 6.45) is -4.85. The highest BCUT2D eigenvalue weighted by Crippen LogP contribution is 2.05. The molecule has 7 heteroatoms. The predicted molar refractivity (Wildman–Crippen MR) is 57.9 cm³/mol. The van der Waals surface area contributed by atoms with Crippen LogP contribution in [0.25, 0.3) is 0 Å². The van der Waals surface area contributed by atoms with E-state index in [2.05, 4.69) is 11.9 Å². The fourth-order valence-corrected chi connectivity index (χ4v) is 1.08. The molecule has 0 rings (SSSR count). The van der Waals surface area contributed by atoms with E-state index in [1.807, 2.05) is 0 Å². The molecule has 0 heterocycles. The average molecular weight is 247 g/mol. The Hall–Kier alpha value is -1.28.